The molecule has 2 heterocycles. The molecular formula is C16H26Cl2FN3O. The molecule has 1 aromatic rings. The Morgan fingerprint density at radius 3 is 2.35 bits per heavy atom. The van der Waals surface area contributed by atoms with Gasteiger partial charge in [0.05, 0.1) is 5.60 Å². The summed E-state index contributed by atoms with van der Waals surface area (Å²) in [6.07, 6.45) is 0.836. The highest BCUT2D eigenvalue weighted by atomic mass is 35.5. The fourth-order valence-electron chi connectivity index (χ4n) is 3.25. The van der Waals surface area contributed by atoms with Crippen LogP contribution in [-0.2, 0) is 6.54 Å². The first-order valence-corrected chi connectivity index (χ1v) is 7.76. The van der Waals surface area contributed by atoms with Crippen molar-refractivity contribution in [2.24, 2.45) is 0 Å². The molecule has 0 bridgehead atoms. The van der Waals surface area contributed by atoms with Gasteiger partial charge in [0.15, 0.2) is 0 Å². The van der Waals surface area contributed by atoms with Crippen LogP contribution < -0.4 is 5.32 Å². The number of nitrogens with one attached hydrogen (secondary N) is 1. The Morgan fingerprint density at radius 1 is 1.09 bits per heavy atom. The second-order valence-corrected chi connectivity index (χ2v) is 6.29. The van der Waals surface area contributed by atoms with Crippen molar-refractivity contribution in [3.63, 3.8) is 0 Å². The van der Waals surface area contributed by atoms with Gasteiger partial charge in [0.25, 0.3) is 0 Å². The van der Waals surface area contributed by atoms with Crippen molar-refractivity contribution in [2.75, 3.05) is 45.8 Å². The van der Waals surface area contributed by atoms with Crippen molar-refractivity contribution in [1.82, 2.24) is 15.1 Å². The van der Waals surface area contributed by atoms with Gasteiger partial charge in [-0.05, 0) is 19.0 Å². The minimum Gasteiger partial charge on any atom is -0.387 e. The molecule has 1 aromatic carbocycles. The number of benzene rings is 1. The van der Waals surface area contributed by atoms with Crippen LogP contribution in [0, 0.1) is 5.82 Å². The molecule has 4 nitrogen and oxygen atoms in total. The standard InChI is InChI=1S/C16H24FN3O.2ClH/c17-15-4-2-1-3-14(15)11-19-7-9-20(10-8-19)13-16(21)5-6-18-12-16;;/h1-4,18,21H,5-13H2;2*1H. The Hall–Kier alpha value is -0.430. The number of β-amino-alcohol motifs (C(OH)–C–C–N with tert-alkyl or cyclic N) is 1. The minimum absolute atomic E-state index is 0. The lowest BCUT2D eigenvalue weighted by atomic mass is 10.0. The lowest BCUT2D eigenvalue weighted by molar-refractivity contribution is 0.00418. The van der Waals surface area contributed by atoms with Gasteiger partial charge in [-0.3, -0.25) is 9.80 Å². The van der Waals surface area contributed by atoms with E-state index in [0.29, 0.717) is 13.1 Å². The van der Waals surface area contributed by atoms with E-state index in [1.165, 1.54) is 6.07 Å². The van der Waals surface area contributed by atoms with Gasteiger partial charge in [0, 0.05) is 51.4 Å². The highest BCUT2D eigenvalue weighted by Crippen LogP contribution is 2.18. The highest BCUT2D eigenvalue weighted by Gasteiger charge is 2.33. The van der Waals surface area contributed by atoms with Crippen molar-refractivity contribution in [3.8, 4) is 0 Å². The maximum absolute atomic E-state index is 13.7. The van der Waals surface area contributed by atoms with E-state index in [0.717, 1.165) is 51.3 Å². The van der Waals surface area contributed by atoms with Crippen LogP contribution in [0.2, 0.25) is 0 Å². The number of halogens is 3. The molecule has 23 heavy (non-hydrogen) atoms. The second kappa shape index (κ2) is 9.16. The number of hydrogen-bond acceptors (Lipinski definition) is 4. The number of nitrogens with zero attached hydrogens (tertiary/aromatic N) is 2. The third kappa shape index (κ3) is 5.55. The SMILES string of the molecule is Cl.Cl.OC1(CN2CCN(Cc3ccccc3F)CC2)CCNC1. The summed E-state index contributed by atoms with van der Waals surface area (Å²) in [5.41, 5.74) is 0.206. The van der Waals surface area contributed by atoms with Crippen LogP contribution in [-0.4, -0.2) is 66.3 Å². The third-order valence-electron chi connectivity index (χ3n) is 4.56. The first-order chi connectivity index (χ1) is 10.1. The summed E-state index contributed by atoms with van der Waals surface area (Å²) >= 11 is 0. The third-order valence-corrected chi connectivity index (χ3v) is 4.56. The van der Waals surface area contributed by atoms with E-state index in [1.54, 1.807) is 6.07 Å². The Bertz CT molecular complexity index is 478. The number of aliphatic hydroxyl groups is 1. The van der Waals surface area contributed by atoms with Gasteiger partial charge in [-0.15, -0.1) is 24.8 Å². The average molecular weight is 366 g/mol. The van der Waals surface area contributed by atoms with Crippen LogP contribution in [0.3, 0.4) is 0 Å². The van der Waals surface area contributed by atoms with Crippen LogP contribution in [0.25, 0.3) is 0 Å². The van der Waals surface area contributed by atoms with Gasteiger partial charge in [-0.2, -0.15) is 0 Å². The van der Waals surface area contributed by atoms with Gasteiger partial charge >= 0.3 is 0 Å². The number of piperazine rings is 1. The van der Waals surface area contributed by atoms with Crippen LogP contribution in [0.4, 0.5) is 4.39 Å². The molecule has 0 aliphatic carbocycles. The van der Waals surface area contributed by atoms with Gasteiger partial charge in [0.2, 0.25) is 0 Å². The molecule has 132 valence electrons. The molecule has 2 aliphatic rings. The van der Waals surface area contributed by atoms with Crippen molar-refractivity contribution in [2.45, 2.75) is 18.6 Å². The Kier molecular flexibility index (Phi) is 8.21. The van der Waals surface area contributed by atoms with Crippen molar-refractivity contribution < 1.29 is 9.50 Å². The predicted octanol–water partition coefficient (Wildman–Crippen LogP) is 1.51. The molecule has 2 fully saturated rings. The maximum Gasteiger partial charge on any atom is 0.127 e. The van der Waals surface area contributed by atoms with Gasteiger partial charge < -0.3 is 10.4 Å². The summed E-state index contributed by atoms with van der Waals surface area (Å²) in [6.45, 7) is 6.76. The van der Waals surface area contributed by atoms with E-state index in [4.69, 9.17) is 0 Å². The molecule has 0 radical (unpaired) electrons. The zero-order valence-corrected chi connectivity index (χ0v) is 14.8. The van der Waals surface area contributed by atoms with E-state index in [1.807, 2.05) is 12.1 Å². The largest absolute Gasteiger partial charge is 0.387 e. The Labute approximate surface area is 149 Å². The van der Waals surface area contributed by atoms with Gasteiger partial charge in [0.1, 0.15) is 5.82 Å². The summed E-state index contributed by atoms with van der Waals surface area (Å²) in [5, 5.41) is 13.6. The smallest absolute Gasteiger partial charge is 0.127 e. The van der Waals surface area contributed by atoms with Gasteiger partial charge in [-0.25, -0.2) is 4.39 Å². The molecule has 0 amide bonds. The lowest BCUT2D eigenvalue weighted by Gasteiger charge is -2.38. The Balaban J connectivity index is 0.00000132. The zero-order chi connectivity index (χ0) is 14.7. The molecule has 3 rings (SSSR count). The van der Waals surface area contributed by atoms with E-state index in [-0.39, 0.29) is 30.6 Å². The molecule has 2 aliphatic heterocycles. The van der Waals surface area contributed by atoms with Crippen molar-refractivity contribution >= 4 is 24.8 Å². The van der Waals surface area contributed by atoms with E-state index < -0.39 is 5.60 Å². The molecule has 1 atom stereocenters. The normalized spacial score (nSPS) is 25.7. The first-order valence-electron chi connectivity index (χ1n) is 7.76. The number of hydrogen-bond donors (Lipinski definition) is 2. The van der Waals surface area contributed by atoms with Crippen LogP contribution in [0.1, 0.15) is 12.0 Å². The zero-order valence-electron chi connectivity index (χ0n) is 13.2. The predicted molar refractivity (Wildman–Crippen MR) is 95.0 cm³/mol. The molecule has 2 saturated heterocycles. The summed E-state index contributed by atoms with van der Waals surface area (Å²) in [5.74, 6) is -0.119. The maximum atomic E-state index is 13.7. The molecule has 0 aromatic heterocycles. The molecule has 0 spiro atoms. The summed E-state index contributed by atoms with van der Waals surface area (Å²) < 4.78 is 13.7. The van der Waals surface area contributed by atoms with Gasteiger partial charge in [-0.1, -0.05) is 18.2 Å². The summed E-state index contributed by atoms with van der Waals surface area (Å²) in [4.78, 5) is 4.61. The van der Waals surface area contributed by atoms with Crippen molar-refractivity contribution in [3.05, 3.63) is 35.6 Å². The van der Waals surface area contributed by atoms with Crippen LogP contribution in [0.15, 0.2) is 24.3 Å². The minimum atomic E-state index is -0.562. The molecule has 2 N–H and O–H groups in total. The van der Waals surface area contributed by atoms with E-state index >= 15 is 0 Å². The molecule has 1 unspecified atom stereocenters. The monoisotopic (exact) mass is 365 g/mol. The Morgan fingerprint density at radius 2 is 1.74 bits per heavy atom. The van der Waals surface area contributed by atoms with Crippen LogP contribution >= 0.6 is 24.8 Å². The molecule has 7 heteroatoms. The molecular weight excluding hydrogens is 340 g/mol. The first kappa shape index (κ1) is 20.6. The molecule has 0 saturated carbocycles. The summed E-state index contributed by atoms with van der Waals surface area (Å²) in [7, 11) is 0. The van der Waals surface area contributed by atoms with Crippen molar-refractivity contribution in [1.29, 1.82) is 0 Å². The topological polar surface area (TPSA) is 38.7 Å². The fraction of sp³-hybridized carbons (Fsp3) is 0.625. The highest BCUT2D eigenvalue weighted by molar-refractivity contribution is 5.85. The quantitative estimate of drug-likeness (QED) is 0.848. The lowest BCUT2D eigenvalue weighted by Crippen LogP contribution is -2.52. The van der Waals surface area contributed by atoms with Crippen LogP contribution in [0.5, 0.6) is 0 Å². The van der Waals surface area contributed by atoms with E-state index in [2.05, 4.69) is 15.1 Å². The number of rotatable bonds is 4. The van der Waals surface area contributed by atoms with E-state index in [9.17, 15) is 9.50 Å². The fourth-order valence-corrected chi connectivity index (χ4v) is 3.25. The average Bonchev–Trinajstić information content (AvgIpc) is 2.90. The second-order valence-electron chi connectivity index (χ2n) is 6.29. The summed E-state index contributed by atoms with van der Waals surface area (Å²) in [6, 6.07) is 6.99.